The van der Waals surface area contributed by atoms with Crippen LogP contribution in [0.4, 0.5) is 0 Å². The predicted octanol–water partition coefficient (Wildman–Crippen LogP) is 3.24. The molecule has 0 spiro atoms. The lowest BCUT2D eigenvalue weighted by Crippen LogP contribution is -2.37. The molecule has 1 heterocycles. The highest BCUT2D eigenvalue weighted by Gasteiger charge is 2.24. The van der Waals surface area contributed by atoms with Gasteiger partial charge in [0, 0.05) is 36.8 Å². The Balaban J connectivity index is 2.80. The molecule has 0 aliphatic carbocycles. The Morgan fingerprint density at radius 2 is 1.78 bits per heavy atom. The topological polar surface area (TPSA) is 29.9 Å². The Morgan fingerprint density at radius 3 is 2.22 bits per heavy atom. The molecule has 3 nitrogen and oxygen atoms in total. The first-order chi connectivity index (χ1) is 8.01. The van der Waals surface area contributed by atoms with Crippen molar-refractivity contribution in [3.63, 3.8) is 0 Å². The first-order valence-corrected chi connectivity index (χ1v) is 6.78. The zero-order chi connectivity index (χ0) is 14.1. The summed E-state index contributed by atoms with van der Waals surface area (Å²) in [6, 6.07) is 0.477. The van der Waals surface area contributed by atoms with Gasteiger partial charge in [0.25, 0.3) is 0 Å². The van der Waals surface area contributed by atoms with Crippen molar-refractivity contribution in [2.75, 3.05) is 0 Å². The standard InChI is InChI=1S/C15H29N3/c1-11(14(2,3)4)16-9-12-10-18(8)17-13(12)15(5,6)7/h10-11,16H,9H2,1-8H3. The predicted molar refractivity (Wildman–Crippen MR) is 77.7 cm³/mol. The van der Waals surface area contributed by atoms with Crippen LogP contribution in [-0.4, -0.2) is 15.8 Å². The van der Waals surface area contributed by atoms with Crippen LogP contribution in [0.25, 0.3) is 0 Å². The SMILES string of the molecule is CC(NCc1cn(C)nc1C(C)(C)C)C(C)(C)C. The van der Waals surface area contributed by atoms with Gasteiger partial charge in [0.2, 0.25) is 0 Å². The van der Waals surface area contributed by atoms with Gasteiger partial charge >= 0.3 is 0 Å². The van der Waals surface area contributed by atoms with E-state index in [-0.39, 0.29) is 10.8 Å². The van der Waals surface area contributed by atoms with E-state index in [1.165, 1.54) is 11.3 Å². The van der Waals surface area contributed by atoms with Crippen LogP contribution in [0, 0.1) is 5.41 Å². The van der Waals surface area contributed by atoms with E-state index < -0.39 is 0 Å². The van der Waals surface area contributed by atoms with Crippen molar-refractivity contribution in [3.05, 3.63) is 17.5 Å². The maximum atomic E-state index is 4.60. The monoisotopic (exact) mass is 251 g/mol. The van der Waals surface area contributed by atoms with Crippen molar-refractivity contribution in [1.82, 2.24) is 15.1 Å². The molecule has 0 bridgehead atoms. The Bertz CT molecular complexity index is 391. The van der Waals surface area contributed by atoms with E-state index in [9.17, 15) is 0 Å². The molecule has 1 N–H and O–H groups in total. The summed E-state index contributed by atoms with van der Waals surface area (Å²) in [7, 11) is 1.99. The Labute approximate surface area is 112 Å². The maximum Gasteiger partial charge on any atom is 0.0722 e. The van der Waals surface area contributed by atoms with Gasteiger partial charge < -0.3 is 5.32 Å². The van der Waals surface area contributed by atoms with Crippen molar-refractivity contribution in [3.8, 4) is 0 Å². The number of aryl methyl sites for hydroxylation is 1. The molecular formula is C15H29N3. The fraction of sp³-hybridized carbons (Fsp3) is 0.800. The van der Waals surface area contributed by atoms with E-state index in [4.69, 9.17) is 0 Å². The third kappa shape index (κ3) is 3.84. The zero-order valence-corrected chi connectivity index (χ0v) is 13.3. The van der Waals surface area contributed by atoms with E-state index in [2.05, 4.69) is 65.1 Å². The summed E-state index contributed by atoms with van der Waals surface area (Å²) in [6.07, 6.45) is 2.13. The average Bonchev–Trinajstić information content (AvgIpc) is 2.54. The highest BCUT2D eigenvalue weighted by Crippen LogP contribution is 2.25. The van der Waals surface area contributed by atoms with Gasteiger partial charge in [-0.2, -0.15) is 5.10 Å². The number of nitrogens with one attached hydrogen (secondary N) is 1. The molecule has 104 valence electrons. The van der Waals surface area contributed by atoms with Gasteiger partial charge in [0.1, 0.15) is 0 Å². The van der Waals surface area contributed by atoms with Crippen molar-refractivity contribution in [2.45, 2.75) is 66.5 Å². The molecule has 0 saturated heterocycles. The summed E-state index contributed by atoms with van der Waals surface area (Å²) < 4.78 is 1.92. The van der Waals surface area contributed by atoms with Gasteiger partial charge in [-0.1, -0.05) is 41.5 Å². The van der Waals surface area contributed by atoms with Crippen molar-refractivity contribution >= 4 is 0 Å². The van der Waals surface area contributed by atoms with Crippen LogP contribution in [-0.2, 0) is 19.0 Å². The van der Waals surface area contributed by atoms with Crippen molar-refractivity contribution < 1.29 is 0 Å². The summed E-state index contributed by atoms with van der Waals surface area (Å²) >= 11 is 0. The third-order valence-electron chi connectivity index (χ3n) is 3.51. The van der Waals surface area contributed by atoms with Gasteiger partial charge in [0.05, 0.1) is 5.69 Å². The number of nitrogens with zero attached hydrogens (tertiary/aromatic N) is 2. The van der Waals surface area contributed by atoms with Crippen molar-refractivity contribution in [2.24, 2.45) is 12.5 Å². The molecule has 1 rings (SSSR count). The van der Waals surface area contributed by atoms with Crippen molar-refractivity contribution in [1.29, 1.82) is 0 Å². The first kappa shape index (κ1) is 15.2. The molecule has 0 saturated carbocycles. The molecule has 0 aliphatic heterocycles. The summed E-state index contributed by atoms with van der Waals surface area (Å²) in [6.45, 7) is 16.6. The zero-order valence-electron chi connectivity index (χ0n) is 13.3. The normalized spacial score (nSPS) is 14.9. The van der Waals surface area contributed by atoms with Gasteiger partial charge in [-0.15, -0.1) is 0 Å². The number of hydrogen-bond donors (Lipinski definition) is 1. The van der Waals surface area contributed by atoms with Gasteiger partial charge in [-0.3, -0.25) is 4.68 Å². The summed E-state index contributed by atoms with van der Waals surface area (Å²) in [4.78, 5) is 0. The van der Waals surface area contributed by atoms with Crippen LogP contribution in [0.2, 0.25) is 0 Å². The lowest BCUT2D eigenvalue weighted by Gasteiger charge is -2.28. The second-order valence-corrected chi connectivity index (χ2v) is 7.40. The van der Waals surface area contributed by atoms with Gasteiger partial charge in [0.15, 0.2) is 0 Å². The first-order valence-electron chi connectivity index (χ1n) is 6.78. The second-order valence-electron chi connectivity index (χ2n) is 7.40. The summed E-state index contributed by atoms with van der Waals surface area (Å²) in [5.41, 5.74) is 2.88. The Kier molecular flexibility index (Phi) is 4.26. The molecule has 3 heteroatoms. The van der Waals surface area contributed by atoms with Crippen LogP contribution in [0.15, 0.2) is 6.20 Å². The number of hydrogen-bond acceptors (Lipinski definition) is 2. The fourth-order valence-electron chi connectivity index (χ4n) is 1.87. The average molecular weight is 251 g/mol. The molecule has 0 radical (unpaired) electrons. The molecule has 1 aromatic heterocycles. The fourth-order valence-corrected chi connectivity index (χ4v) is 1.87. The minimum absolute atomic E-state index is 0.100. The highest BCUT2D eigenvalue weighted by molar-refractivity contribution is 5.24. The number of rotatable bonds is 3. The molecule has 1 aromatic rings. The second kappa shape index (κ2) is 5.04. The molecule has 0 aliphatic rings. The molecule has 0 fully saturated rings. The summed E-state index contributed by atoms with van der Waals surface area (Å²) in [5, 5.41) is 8.21. The van der Waals surface area contributed by atoms with E-state index in [1.54, 1.807) is 0 Å². The van der Waals surface area contributed by atoms with Crippen LogP contribution in [0.5, 0.6) is 0 Å². The smallest absolute Gasteiger partial charge is 0.0722 e. The molecular weight excluding hydrogens is 222 g/mol. The van der Waals surface area contributed by atoms with Crippen LogP contribution >= 0.6 is 0 Å². The van der Waals surface area contributed by atoms with E-state index in [0.717, 1.165) is 6.54 Å². The molecule has 1 atom stereocenters. The quantitative estimate of drug-likeness (QED) is 0.893. The van der Waals surface area contributed by atoms with Gasteiger partial charge in [-0.05, 0) is 12.3 Å². The summed E-state index contributed by atoms with van der Waals surface area (Å²) in [5.74, 6) is 0. The lowest BCUT2D eigenvalue weighted by molar-refractivity contribution is 0.284. The van der Waals surface area contributed by atoms with Crippen LogP contribution in [0.3, 0.4) is 0 Å². The molecule has 0 amide bonds. The van der Waals surface area contributed by atoms with Gasteiger partial charge in [-0.25, -0.2) is 0 Å². The van der Waals surface area contributed by atoms with E-state index in [1.807, 2.05) is 11.7 Å². The Morgan fingerprint density at radius 1 is 1.22 bits per heavy atom. The maximum absolute atomic E-state index is 4.60. The van der Waals surface area contributed by atoms with E-state index in [0.29, 0.717) is 6.04 Å². The molecule has 1 unspecified atom stereocenters. The minimum Gasteiger partial charge on any atom is -0.310 e. The van der Waals surface area contributed by atoms with Crippen LogP contribution < -0.4 is 5.32 Å². The number of aromatic nitrogens is 2. The largest absolute Gasteiger partial charge is 0.310 e. The molecule has 18 heavy (non-hydrogen) atoms. The molecule has 0 aromatic carbocycles. The highest BCUT2D eigenvalue weighted by atomic mass is 15.3. The minimum atomic E-state index is 0.100. The van der Waals surface area contributed by atoms with E-state index >= 15 is 0 Å². The van der Waals surface area contributed by atoms with Crippen LogP contribution in [0.1, 0.15) is 59.7 Å². The Hall–Kier alpha value is -0.830. The lowest BCUT2D eigenvalue weighted by atomic mass is 9.87. The third-order valence-corrected chi connectivity index (χ3v) is 3.51.